The molecule has 0 N–H and O–H groups in total. The van der Waals surface area contributed by atoms with Crippen molar-refractivity contribution in [3.8, 4) is 0 Å². The molecule has 0 aromatic heterocycles. The normalized spacial score (nSPS) is 30.5. The fraction of sp³-hybridized carbons (Fsp3) is 0.385. The van der Waals surface area contributed by atoms with Crippen LogP contribution in [-0.2, 0) is 24.7 Å². The third kappa shape index (κ3) is 1.35. The van der Waals surface area contributed by atoms with Crippen molar-refractivity contribution in [3.63, 3.8) is 0 Å². The zero-order valence-corrected chi connectivity index (χ0v) is 9.80. The van der Waals surface area contributed by atoms with Crippen molar-refractivity contribution in [2.24, 2.45) is 0 Å². The average Bonchev–Trinajstić information content (AvgIpc) is 2.81. The van der Waals surface area contributed by atoms with E-state index in [2.05, 4.69) is 0 Å². The van der Waals surface area contributed by atoms with Crippen LogP contribution in [0.5, 0.6) is 0 Å². The lowest BCUT2D eigenvalue weighted by atomic mass is 9.88. The molecule has 0 amide bonds. The van der Waals surface area contributed by atoms with Crippen LogP contribution in [0.1, 0.15) is 11.1 Å². The van der Waals surface area contributed by atoms with E-state index in [4.69, 9.17) is 18.9 Å². The van der Waals surface area contributed by atoms with Crippen molar-refractivity contribution in [2.75, 3.05) is 21.0 Å². The second kappa shape index (κ2) is 3.84. The summed E-state index contributed by atoms with van der Waals surface area (Å²) in [5.41, 5.74) is 1.93. The van der Waals surface area contributed by atoms with Gasteiger partial charge >= 0.3 is 0 Å². The van der Waals surface area contributed by atoms with E-state index in [-0.39, 0.29) is 12.9 Å². The monoisotopic (exact) mass is 234 g/mol. The molecule has 1 aromatic rings. The number of hydrogen-bond donors (Lipinski definition) is 0. The van der Waals surface area contributed by atoms with Gasteiger partial charge in [-0.15, -0.1) is 0 Å². The minimum absolute atomic E-state index is 0.223. The first-order valence-electron chi connectivity index (χ1n) is 5.48. The lowest BCUT2D eigenvalue weighted by Gasteiger charge is -2.35. The minimum Gasteiger partial charge on any atom is -0.496 e. The highest BCUT2D eigenvalue weighted by Crippen LogP contribution is 2.45. The van der Waals surface area contributed by atoms with Gasteiger partial charge in [0.05, 0.1) is 7.11 Å². The lowest BCUT2D eigenvalue weighted by molar-refractivity contribution is -0.205. The number of ether oxygens (including phenoxy) is 4. The maximum absolute atomic E-state index is 5.67. The van der Waals surface area contributed by atoms with E-state index in [1.54, 1.807) is 14.2 Å². The summed E-state index contributed by atoms with van der Waals surface area (Å²) < 4.78 is 22.2. The largest absolute Gasteiger partial charge is 0.496 e. The van der Waals surface area contributed by atoms with Crippen LogP contribution < -0.4 is 0 Å². The summed E-state index contributed by atoms with van der Waals surface area (Å²) in [6, 6.07) is 7.89. The molecule has 1 aliphatic heterocycles. The lowest BCUT2D eigenvalue weighted by Crippen LogP contribution is -2.41. The Bertz CT molecular complexity index is 468. The van der Waals surface area contributed by atoms with Gasteiger partial charge in [0, 0.05) is 18.2 Å². The standard InChI is InChI=1S/C13H14O4/c1-14-11-7-12-13(15-2,17-8-16-12)10-6-4-3-5-9(10)11/h3-7,12H,8H2,1-2H3. The molecule has 1 heterocycles. The number of methoxy groups -OCH3 is 2. The first kappa shape index (κ1) is 10.8. The SMILES string of the molecule is COC1=CC2OCOC2(OC)c2ccccc21. The molecule has 1 saturated heterocycles. The van der Waals surface area contributed by atoms with E-state index in [0.29, 0.717) is 0 Å². The zero-order chi connectivity index (χ0) is 11.9. The molecule has 1 fully saturated rings. The van der Waals surface area contributed by atoms with Gasteiger partial charge in [0.15, 0.2) is 6.79 Å². The van der Waals surface area contributed by atoms with Crippen LogP contribution in [0.4, 0.5) is 0 Å². The molecule has 90 valence electrons. The van der Waals surface area contributed by atoms with Gasteiger partial charge in [-0.1, -0.05) is 24.3 Å². The molecule has 0 radical (unpaired) electrons. The van der Waals surface area contributed by atoms with Crippen LogP contribution in [0.25, 0.3) is 5.76 Å². The Morgan fingerprint density at radius 1 is 1.29 bits per heavy atom. The molecule has 0 saturated carbocycles. The van der Waals surface area contributed by atoms with Gasteiger partial charge in [-0.25, -0.2) is 0 Å². The summed E-state index contributed by atoms with van der Waals surface area (Å²) in [5.74, 6) is -0.0395. The summed E-state index contributed by atoms with van der Waals surface area (Å²) in [7, 11) is 3.28. The van der Waals surface area contributed by atoms with Gasteiger partial charge in [0.1, 0.15) is 11.9 Å². The third-order valence-corrected chi connectivity index (χ3v) is 3.29. The van der Waals surface area contributed by atoms with Crippen molar-refractivity contribution in [3.05, 3.63) is 41.5 Å². The number of rotatable bonds is 2. The van der Waals surface area contributed by atoms with Gasteiger partial charge in [0.25, 0.3) is 0 Å². The Morgan fingerprint density at radius 2 is 2.12 bits per heavy atom. The van der Waals surface area contributed by atoms with Crippen molar-refractivity contribution < 1.29 is 18.9 Å². The number of benzene rings is 1. The van der Waals surface area contributed by atoms with Gasteiger partial charge in [-0.3, -0.25) is 0 Å². The predicted octanol–water partition coefficient (Wildman–Crippen LogP) is 1.86. The molecule has 1 aromatic carbocycles. The van der Waals surface area contributed by atoms with E-state index < -0.39 is 5.79 Å². The van der Waals surface area contributed by atoms with E-state index in [1.165, 1.54) is 0 Å². The van der Waals surface area contributed by atoms with Crippen molar-refractivity contribution in [2.45, 2.75) is 11.9 Å². The summed E-state index contributed by atoms with van der Waals surface area (Å²) in [6.45, 7) is 0.223. The first-order valence-corrected chi connectivity index (χ1v) is 5.48. The van der Waals surface area contributed by atoms with Crippen LogP contribution in [0.2, 0.25) is 0 Å². The highest BCUT2D eigenvalue weighted by Gasteiger charge is 2.51. The average molecular weight is 234 g/mol. The molecule has 0 bridgehead atoms. The highest BCUT2D eigenvalue weighted by molar-refractivity contribution is 5.67. The Morgan fingerprint density at radius 3 is 2.88 bits per heavy atom. The molecular formula is C13H14O4. The Labute approximate surface area is 99.7 Å². The van der Waals surface area contributed by atoms with Crippen molar-refractivity contribution >= 4 is 5.76 Å². The second-order valence-electron chi connectivity index (χ2n) is 4.00. The zero-order valence-electron chi connectivity index (χ0n) is 9.80. The Kier molecular flexibility index (Phi) is 2.43. The summed E-state index contributed by atoms with van der Waals surface area (Å²) in [5, 5.41) is 0. The maximum atomic E-state index is 5.67. The van der Waals surface area contributed by atoms with Crippen molar-refractivity contribution in [1.82, 2.24) is 0 Å². The molecular weight excluding hydrogens is 220 g/mol. The van der Waals surface area contributed by atoms with Gasteiger partial charge in [-0.2, -0.15) is 0 Å². The molecule has 2 unspecified atom stereocenters. The molecule has 4 nitrogen and oxygen atoms in total. The van der Waals surface area contributed by atoms with Crippen LogP contribution in [-0.4, -0.2) is 27.1 Å². The molecule has 2 atom stereocenters. The fourth-order valence-electron chi connectivity index (χ4n) is 2.47. The quantitative estimate of drug-likeness (QED) is 0.782. The molecule has 2 aliphatic rings. The summed E-state index contributed by atoms with van der Waals surface area (Å²) >= 11 is 0. The summed E-state index contributed by atoms with van der Waals surface area (Å²) in [4.78, 5) is 0. The minimum atomic E-state index is -0.835. The summed E-state index contributed by atoms with van der Waals surface area (Å²) in [6.07, 6.45) is 1.64. The fourth-order valence-corrected chi connectivity index (χ4v) is 2.47. The Balaban J connectivity index is 2.22. The predicted molar refractivity (Wildman–Crippen MR) is 60.9 cm³/mol. The van der Waals surface area contributed by atoms with E-state index in [9.17, 15) is 0 Å². The molecule has 3 rings (SSSR count). The van der Waals surface area contributed by atoms with E-state index in [0.717, 1.165) is 16.9 Å². The van der Waals surface area contributed by atoms with Gasteiger partial charge < -0.3 is 18.9 Å². The molecule has 4 heteroatoms. The van der Waals surface area contributed by atoms with Gasteiger partial charge in [0.2, 0.25) is 5.79 Å². The maximum Gasteiger partial charge on any atom is 0.228 e. The van der Waals surface area contributed by atoms with E-state index in [1.807, 2.05) is 30.3 Å². The van der Waals surface area contributed by atoms with Crippen LogP contribution in [0, 0.1) is 0 Å². The third-order valence-electron chi connectivity index (χ3n) is 3.29. The smallest absolute Gasteiger partial charge is 0.228 e. The first-order chi connectivity index (χ1) is 8.31. The van der Waals surface area contributed by atoms with Gasteiger partial charge in [-0.05, 0) is 6.08 Å². The Hall–Kier alpha value is -1.36. The molecule has 17 heavy (non-hydrogen) atoms. The second-order valence-corrected chi connectivity index (χ2v) is 4.00. The number of hydrogen-bond acceptors (Lipinski definition) is 4. The van der Waals surface area contributed by atoms with Crippen molar-refractivity contribution in [1.29, 1.82) is 0 Å². The highest BCUT2D eigenvalue weighted by atomic mass is 16.8. The van der Waals surface area contributed by atoms with E-state index >= 15 is 0 Å². The number of fused-ring (bicyclic) bond motifs is 3. The van der Waals surface area contributed by atoms with Crippen LogP contribution in [0.15, 0.2) is 30.3 Å². The molecule has 0 spiro atoms. The van der Waals surface area contributed by atoms with Crippen LogP contribution in [0.3, 0.4) is 0 Å². The molecule has 1 aliphatic carbocycles. The topological polar surface area (TPSA) is 36.9 Å². The van der Waals surface area contributed by atoms with Crippen LogP contribution >= 0.6 is 0 Å².